The van der Waals surface area contributed by atoms with Crippen molar-refractivity contribution >= 4 is 34.5 Å². The van der Waals surface area contributed by atoms with Gasteiger partial charge in [0.1, 0.15) is 11.2 Å². The summed E-state index contributed by atoms with van der Waals surface area (Å²) >= 11 is 1.88. The zero-order chi connectivity index (χ0) is 16.9. The van der Waals surface area contributed by atoms with E-state index >= 15 is 0 Å². The number of carbonyl (C=O) groups is 2. The van der Waals surface area contributed by atoms with E-state index in [0.29, 0.717) is 18.7 Å². The van der Waals surface area contributed by atoms with E-state index in [0.717, 1.165) is 0 Å². The van der Waals surface area contributed by atoms with Crippen molar-refractivity contribution in [1.82, 2.24) is 0 Å². The third-order valence-corrected chi connectivity index (χ3v) is 2.95. The Labute approximate surface area is 148 Å². The number of Topliss-reactive ketones (excluding diaryl/α,β-unsaturated/α-hetero) is 1. The molecular formula is C15H20INO6. The largest absolute Gasteiger partial charge is 0.509 e. The van der Waals surface area contributed by atoms with Crippen LogP contribution in [0.2, 0.25) is 0 Å². The van der Waals surface area contributed by atoms with Crippen LogP contribution >= 0.6 is 22.6 Å². The smallest absolute Gasteiger partial charge is 0.426 e. The lowest BCUT2D eigenvalue weighted by atomic mass is 10.1. The lowest BCUT2D eigenvalue weighted by Crippen LogP contribution is -2.30. The Morgan fingerprint density at radius 3 is 2.48 bits per heavy atom. The standard InChI is InChI=1S/C15H20INO6/c16-11-22-15(19)23-13(8-20-7-6-17)9-21-10-14(18)12-4-2-1-3-5-12/h1-5,13H,6-11,17H2. The van der Waals surface area contributed by atoms with Gasteiger partial charge in [0.15, 0.2) is 11.9 Å². The third kappa shape index (κ3) is 8.84. The van der Waals surface area contributed by atoms with Crippen molar-refractivity contribution in [1.29, 1.82) is 0 Å². The first-order chi connectivity index (χ1) is 11.2. The number of rotatable bonds is 11. The summed E-state index contributed by atoms with van der Waals surface area (Å²) in [7, 11) is 0. The summed E-state index contributed by atoms with van der Waals surface area (Å²) in [5.41, 5.74) is 5.90. The predicted octanol–water partition coefficient (Wildman–Crippen LogP) is 1.78. The molecule has 1 rings (SSSR count). The molecule has 0 aliphatic heterocycles. The van der Waals surface area contributed by atoms with E-state index in [2.05, 4.69) is 0 Å². The fraction of sp³-hybridized carbons (Fsp3) is 0.467. The molecule has 1 unspecified atom stereocenters. The van der Waals surface area contributed by atoms with E-state index in [4.69, 9.17) is 24.7 Å². The second-order valence-corrected chi connectivity index (χ2v) is 5.03. The van der Waals surface area contributed by atoms with Gasteiger partial charge in [0.2, 0.25) is 0 Å². The molecule has 2 N–H and O–H groups in total. The van der Waals surface area contributed by atoms with Gasteiger partial charge in [-0.25, -0.2) is 4.79 Å². The molecule has 0 amide bonds. The lowest BCUT2D eigenvalue weighted by Gasteiger charge is -2.17. The molecule has 7 nitrogen and oxygen atoms in total. The average Bonchev–Trinajstić information content (AvgIpc) is 2.55. The summed E-state index contributed by atoms with van der Waals surface area (Å²) in [6.07, 6.45) is -1.47. The second-order valence-electron chi connectivity index (χ2n) is 4.41. The van der Waals surface area contributed by atoms with E-state index in [-0.39, 0.29) is 30.2 Å². The third-order valence-electron chi connectivity index (χ3n) is 2.63. The van der Waals surface area contributed by atoms with Crippen molar-refractivity contribution in [3.05, 3.63) is 35.9 Å². The highest BCUT2D eigenvalue weighted by Crippen LogP contribution is 2.03. The van der Waals surface area contributed by atoms with Gasteiger partial charge in [0, 0.05) is 12.1 Å². The molecular weight excluding hydrogens is 417 g/mol. The summed E-state index contributed by atoms with van der Waals surface area (Å²) in [5.74, 6) is -0.151. The fourth-order valence-electron chi connectivity index (χ4n) is 1.62. The topological polar surface area (TPSA) is 97.1 Å². The van der Waals surface area contributed by atoms with Crippen LogP contribution in [0.4, 0.5) is 4.79 Å². The monoisotopic (exact) mass is 437 g/mol. The van der Waals surface area contributed by atoms with Gasteiger partial charge in [-0.2, -0.15) is 0 Å². The van der Waals surface area contributed by atoms with E-state index < -0.39 is 12.3 Å². The van der Waals surface area contributed by atoms with E-state index in [9.17, 15) is 9.59 Å². The Balaban J connectivity index is 2.39. The van der Waals surface area contributed by atoms with Gasteiger partial charge in [-0.3, -0.25) is 4.79 Å². The number of nitrogens with two attached hydrogens (primary N) is 1. The summed E-state index contributed by atoms with van der Waals surface area (Å²) in [5, 5.41) is 0. The number of ketones is 1. The van der Waals surface area contributed by atoms with Crippen molar-refractivity contribution in [2.24, 2.45) is 5.73 Å². The van der Waals surface area contributed by atoms with E-state index in [1.165, 1.54) is 0 Å². The van der Waals surface area contributed by atoms with Crippen molar-refractivity contribution in [2.75, 3.05) is 37.6 Å². The molecule has 0 aromatic heterocycles. The maximum Gasteiger partial charge on any atom is 0.509 e. The minimum atomic E-state index is -0.807. The number of ether oxygens (including phenoxy) is 4. The molecule has 0 saturated heterocycles. The molecule has 1 aromatic rings. The van der Waals surface area contributed by atoms with Crippen LogP contribution in [-0.2, 0) is 18.9 Å². The molecule has 23 heavy (non-hydrogen) atoms. The quantitative estimate of drug-likeness (QED) is 0.185. The van der Waals surface area contributed by atoms with Crippen LogP contribution in [0.25, 0.3) is 0 Å². The van der Waals surface area contributed by atoms with Gasteiger partial charge in [-0.15, -0.1) is 0 Å². The molecule has 0 radical (unpaired) electrons. The Bertz CT molecular complexity index is 470. The van der Waals surface area contributed by atoms with Crippen LogP contribution in [-0.4, -0.2) is 55.6 Å². The van der Waals surface area contributed by atoms with Crippen LogP contribution in [0, 0.1) is 0 Å². The van der Waals surface area contributed by atoms with Crippen molar-refractivity contribution in [3.8, 4) is 0 Å². The Morgan fingerprint density at radius 2 is 1.83 bits per heavy atom. The minimum Gasteiger partial charge on any atom is -0.426 e. The normalized spacial score (nSPS) is 11.7. The number of hydrogen-bond donors (Lipinski definition) is 1. The van der Waals surface area contributed by atoms with Gasteiger partial charge < -0.3 is 24.7 Å². The van der Waals surface area contributed by atoms with Crippen molar-refractivity contribution < 1.29 is 28.5 Å². The van der Waals surface area contributed by atoms with E-state index in [1.807, 2.05) is 28.7 Å². The minimum absolute atomic E-state index is 0.0273. The van der Waals surface area contributed by atoms with Gasteiger partial charge >= 0.3 is 6.16 Å². The molecule has 0 aliphatic carbocycles. The molecule has 1 aromatic carbocycles. The SMILES string of the molecule is NCCOCC(COCC(=O)c1ccccc1)OC(=O)OCI. The second kappa shape index (κ2) is 12.2. The Morgan fingerprint density at radius 1 is 1.13 bits per heavy atom. The van der Waals surface area contributed by atoms with E-state index in [1.54, 1.807) is 24.3 Å². The molecule has 128 valence electrons. The highest BCUT2D eigenvalue weighted by molar-refractivity contribution is 14.1. The van der Waals surface area contributed by atoms with Crippen molar-refractivity contribution in [3.63, 3.8) is 0 Å². The highest BCUT2D eigenvalue weighted by Gasteiger charge is 2.17. The first-order valence-corrected chi connectivity index (χ1v) is 8.53. The van der Waals surface area contributed by atoms with Crippen LogP contribution in [0.1, 0.15) is 10.4 Å². The number of carbonyl (C=O) groups excluding carboxylic acids is 2. The zero-order valence-electron chi connectivity index (χ0n) is 12.6. The average molecular weight is 437 g/mol. The van der Waals surface area contributed by atoms with Crippen molar-refractivity contribution in [2.45, 2.75) is 6.10 Å². The Hall–Kier alpha value is -1.23. The molecule has 0 aliphatic rings. The maximum absolute atomic E-state index is 11.9. The van der Waals surface area contributed by atoms with Gasteiger partial charge in [0.25, 0.3) is 0 Å². The number of hydrogen-bond acceptors (Lipinski definition) is 7. The molecule has 0 fully saturated rings. The van der Waals surface area contributed by atoms with Gasteiger partial charge in [-0.1, -0.05) is 30.3 Å². The summed E-state index contributed by atoms with van der Waals surface area (Å²) in [6.45, 7) is 0.733. The van der Waals surface area contributed by atoms with Gasteiger partial charge in [0.05, 0.1) is 19.8 Å². The first-order valence-electron chi connectivity index (χ1n) is 7.00. The summed E-state index contributed by atoms with van der Waals surface area (Å²) in [6, 6.07) is 8.80. The molecule has 8 heteroatoms. The predicted molar refractivity (Wildman–Crippen MR) is 91.7 cm³/mol. The summed E-state index contributed by atoms with van der Waals surface area (Å²) in [4.78, 5) is 23.3. The van der Waals surface area contributed by atoms with Crippen LogP contribution < -0.4 is 5.73 Å². The molecule has 0 bridgehead atoms. The van der Waals surface area contributed by atoms with Crippen LogP contribution in [0.5, 0.6) is 0 Å². The molecule has 1 atom stereocenters. The molecule has 0 heterocycles. The van der Waals surface area contributed by atoms with Gasteiger partial charge in [-0.05, 0) is 22.6 Å². The number of benzene rings is 1. The van der Waals surface area contributed by atoms with Crippen LogP contribution in [0.15, 0.2) is 30.3 Å². The summed E-state index contributed by atoms with van der Waals surface area (Å²) < 4.78 is 20.5. The lowest BCUT2D eigenvalue weighted by molar-refractivity contribution is -0.0436. The number of halogens is 1. The maximum atomic E-state index is 11.9. The van der Waals surface area contributed by atoms with Crippen LogP contribution in [0.3, 0.4) is 0 Å². The number of alkyl halides is 1. The zero-order valence-corrected chi connectivity index (χ0v) is 14.8. The molecule has 0 spiro atoms. The Kier molecular flexibility index (Phi) is 10.5. The highest BCUT2D eigenvalue weighted by atomic mass is 127. The first kappa shape index (κ1) is 19.8. The fourth-order valence-corrected chi connectivity index (χ4v) is 1.87. The molecule has 0 saturated carbocycles.